The lowest BCUT2D eigenvalue weighted by molar-refractivity contribution is 0.176. The van der Waals surface area contributed by atoms with E-state index in [1.807, 2.05) is 28.9 Å². The SMILES string of the molecule is CCN(C(=O)N1CCC(Cc2ccccc2)CC1)c1cccc(C)c1. The van der Waals surface area contributed by atoms with Crippen molar-refractivity contribution in [1.29, 1.82) is 0 Å². The Balaban J connectivity index is 1.59. The third kappa shape index (κ3) is 4.41. The highest BCUT2D eigenvalue weighted by Gasteiger charge is 2.26. The summed E-state index contributed by atoms with van der Waals surface area (Å²) in [6.45, 7) is 6.53. The van der Waals surface area contributed by atoms with Crippen LogP contribution in [0, 0.1) is 12.8 Å². The minimum Gasteiger partial charge on any atom is -0.324 e. The second-order valence-electron chi connectivity index (χ2n) is 6.99. The fourth-order valence-electron chi connectivity index (χ4n) is 3.67. The highest BCUT2D eigenvalue weighted by molar-refractivity contribution is 5.92. The Bertz CT molecular complexity index is 690. The van der Waals surface area contributed by atoms with Crippen LogP contribution >= 0.6 is 0 Å². The summed E-state index contributed by atoms with van der Waals surface area (Å²) in [4.78, 5) is 16.9. The third-order valence-corrected chi connectivity index (χ3v) is 5.11. The molecular weight excluding hydrogens is 308 g/mol. The van der Waals surface area contributed by atoms with Crippen LogP contribution in [-0.2, 0) is 6.42 Å². The number of carbonyl (C=O) groups is 1. The van der Waals surface area contributed by atoms with Crippen LogP contribution in [-0.4, -0.2) is 30.6 Å². The first kappa shape index (κ1) is 17.5. The summed E-state index contributed by atoms with van der Waals surface area (Å²) < 4.78 is 0. The van der Waals surface area contributed by atoms with Gasteiger partial charge >= 0.3 is 6.03 Å². The van der Waals surface area contributed by atoms with Gasteiger partial charge in [-0.1, -0.05) is 42.5 Å². The largest absolute Gasteiger partial charge is 0.324 e. The fourth-order valence-corrected chi connectivity index (χ4v) is 3.67. The Labute approximate surface area is 151 Å². The monoisotopic (exact) mass is 336 g/mol. The quantitative estimate of drug-likeness (QED) is 0.779. The van der Waals surface area contributed by atoms with Crippen molar-refractivity contribution >= 4 is 11.7 Å². The molecule has 0 spiro atoms. The Kier molecular flexibility index (Phi) is 5.75. The zero-order valence-electron chi connectivity index (χ0n) is 15.3. The summed E-state index contributed by atoms with van der Waals surface area (Å²) >= 11 is 0. The van der Waals surface area contributed by atoms with E-state index in [-0.39, 0.29) is 6.03 Å². The van der Waals surface area contributed by atoms with Crippen LogP contribution in [0.3, 0.4) is 0 Å². The number of aryl methyl sites for hydroxylation is 1. The van der Waals surface area contributed by atoms with Gasteiger partial charge in [0.05, 0.1) is 0 Å². The molecule has 1 saturated heterocycles. The van der Waals surface area contributed by atoms with Crippen molar-refractivity contribution in [3.8, 4) is 0 Å². The van der Waals surface area contributed by atoms with Gasteiger partial charge in [0.15, 0.2) is 0 Å². The Morgan fingerprint density at radius 1 is 1.08 bits per heavy atom. The summed E-state index contributed by atoms with van der Waals surface area (Å²) in [6.07, 6.45) is 3.30. The normalized spacial score (nSPS) is 15.2. The molecule has 0 N–H and O–H groups in total. The van der Waals surface area contributed by atoms with Crippen LogP contribution < -0.4 is 4.90 Å². The van der Waals surface area contributed by atoms with Crippen molar-refractivity contribution < 1.29 is 4.79 Å². The lowest BCUT2D eigenvalue weighted by Crippen LogP contribution is -2.47. The minimum absolute atomic E-state index is 0.145. The van der Waals surface area contributed by atoms with E-state index in [4.69, 9.17) is 0 Å². The first-order valence-electron chi connectivity index (χ1n) is 9.34. The molecule has 0 unspecified atom stereocenters. The second kappa shape index (κ2) is 8.19. The molecule has 3 rings (SSSR count). The predicted octanol–water partition coefficient (Wildman–Crippen LogP) is 4.90. The number of benzene rings is 2. The zero-order chi connectivity index (χ0) is 17.6. The summed E-state index contributed by atoms with van der Waals surface area (Å²) in [7, 11) is 0. The van der Waals surface area contributed by atoms with Crippen molar-refractivity contribution in [3.63, 3.8) is 0 Å². The molecule has 2 aromatic rings. The van der Waals surface area contributed by atoms with E-state index in [2.05, 4.69) is 49.4 Å². The Morgan fingerprint density at radius 2 is 1.80 bits per heavy atom. The third-order valence-electron chi connectivity index (χ3n) is 5.11. The van der Waals surface area contributed by atoms with Crippen LogP contribution in [0.15, 0.2) is 54.6 Å². The van der Waals surface area contributed by atoms with Gasteiger partial charge in [0.2, 0.25) is 0 Å². The van der Waals surface area contributed by atoms with E-state index in [0.29, 0.717) is 12.5 Å². The summed E-state index contributed by atoms with van der Waals surface area (Å²) in [5.74, 6) is 0.681. The maximum absolute atomic E-state index is 13.0. The summed E-state index contributed by atoms with van der Waals surface area (Å²) in [5, 5.41) is 0. The predicted molar refractivity (Wildman–Crippen MR) is 104 cm³/mol. The summed E-state index contributed by atoms with van der Waals surface area (Å²) in [5.41, 5.74) is 3.59. The van der Waals surface area contributed by atoms with E-state index >= 15 is 0 Å². The van der Waals surface area contributed by atoms with Gasteiger partial charge in [-0.2, -0.15) is 0 Å². The number of anilines is 1. The van der Waals surface area contributed by atoms with Crippen molar-refractivity contribution in [1.82, 2.24) is 4.90 Å². The van der Waals surface area contributed by atoms with Gasteiger partial charge in [-0.25, -0.2) is 4.79 Å². The van der Waals surface area contributed by atoms with Crippen molar-refractivity contribution in [2.75, 3.05) is 24.5 Å². The molecule has 0 saturated carbocycles. The molecule has 25 heavy (non-hydrogen) atoms. The topological polar surface area (TPSA) is 23.6 Å². The van der Waals surface area contributed by atoms with Gasteiger partial charge in [0.25, 0.3) is 0 Å². The minimum atomic E-state index is 0.145. The highest BCUT2D eigenvalue weighted by atomic mass is 16.2. The summed E-state index contributed by atoms with van der Waals surface area (Å²) in [6, 6.07) is 19.0. The molecule has 0 atom stereocenters. The van der Waals surface area contributed by atoms with Crippen LogP contribution in [0.1, 0.15) is 30.9 Å². The lowest BCUT2D eigenvalue weighted by Gasteiger charge is -2.35. The molecule has 0 bridgehead atoms. The van der Waals surface area contributed by atoms with Gasteiger partial charge in [0, 0.05) is 25.3 Å². The number of urea groups is 1. The maximum Gasteiger partial charge on any atom is 0.324 e. The first-order valence-corrected chi connectivity index (χ1v) is 9.34. The molecule has 132 valence electrons. The Morgan fingerprint density at radius 3 is 2.44 bits per heavy atom. The number of carbonyl (C=O) groups excluding carboxylic acids is 1. The second-order valence-corrected chi connectivity index (χ2v) is 6.99. The van der Waals surface area contributed by atoms with Crippen LogP contribution in [0.25, 0.3) is 0 Å². The number of hydrogen-bond acceptors (Lipinski definition) is 1. The van der Waals surface area contributed by atoms with Crippen molar-refractivity contribution in [2.45, 2.75) is 33.1 Å². The molecule has 2 aromatic carbocycles. The Hall–Kier alpha value is -2.29. The number of hydrogen-bond donors (Lipinski definition) is 0. The van der Waals surface area contributed by atoms with Gasteiger partial charge in [0.1, 0.15) is 0 Å². The average molecular weight is 336 g/mol. The molecule has 3 heteroatoms. The van der Waals surface area contributed by atoms with Gasteiger partial charge in [-0.3, -0.25) is 4.90 Å². The molecular formula is C22H28N2O. The number of nitrogens with zero attached hydrogens (tertiary/aromatic N) is 2. The van der Waals surface area contributed by atoms with Crippen LogP contribution in [0.4, 0.5) is 10.5 Å². The fraction of sp³-hybridized carbons (Fsp3) is 0.409. The van der Waals surface area contributed by atoms with E-state index in [1.54, 1.807) is 0 Å². The van der Waals surface area contributed by atoms with Gasteiger partial charge in [-0.15, -0.1) is 0 Å². The average Bonchev–Trinajstić information content (AvgIpc) is 2.64. The van der Waals surface area contributed by atoms with E-state index in [9.17, 15) is 4.79 Å². The van der Waals surface area contributed by atoms with Crippen LogP contribution in [0.2, 0.25) is 0 Å². The molecule has 1 heterocycles. The molecule has 1 fully saturated rings. The van der Waals surface area contributed by atoms with E-state index in [1.165, 1.54) is 11.1 Å². The molecule has 2 amide bonds. The van der Waals surface area contributed by atoms with Gasteiger partial charge in [-0.05, 0) is 62.3 Å². The first-order chi connectivity index (χ1) is 12.2. The molecule has 1 aliphatic rings. The highest BCUT2D eigenvalue weighted by Crippen LogP contribution is 2.24. The number of rotatable bonds is 4. The molecule has 1 aliphatic heterocycles. The number of likely N-dealkylation sites (tertiary alicyclic amines) is 1. The lowest BCUT2D eigenvalue weighted by atomic mass is 9.90. The molecule has 0 aromatic heterocycles. The van der Waals surface area contributed by atoms with Crippen LogP contribution in [0.5, 0.6) is 0 Å². The van der Waals surface area contributed by atoms with E-state index in [0.717, 1.165) is 38.0 Å². The van der Waals surface area contributed by atoms with Crippen molar-refractivity contribution in [2.24, 2.45) is 5.92 Å². The smallest absolute Gasteiger partial charge is 0.324 e. The molecule has 3 nitrogen and oxygen atoms in total. The molecule has 0 aliphatic carbocycles. The van der Waals surface area contributed by atoms with E-state index < -0.39 is 0 Å². The van der Waals surface area contributed by atoms with Crippen molar-refractivity contribution in [3.05, 3.63) is 65.7 Å². The molecule has 0 radical (unpaired) electrons. The standard InChI is InChI=1S/C22H28N2O/c1-3-24(21-11-7-8-18(2)16-21)22(25)23-14-12-20(13-15-23)17-19-9-5-4-6-10-19/h4-11,16,20H,3,12-15,17H2,1-2H3. The number of amides is 2. The maximum atomic E-state index is 13.0. The number of piperidine rings is 1. The van der Waals surface area contributed by atoms with Gasteiger partial charge < -0.3 is 4.90 Å². The zero-order valence-corrected chi connectivity index (χ0v) is 15.3.